The van der Waals surface area contributed by atoms with Crippen LogP contribution < -0.4 is 9.64 Å². The van der Waals surface area contributed by atoms with Crippen LogP contribution in [0.1, 0.15) is 24.3 Å². The van der Waals surface area contributed by atoms with Gasteiger partial charge in [-0.25, -0.2) is 0 Å². The number of hydrogen-bond donors (Lipinski definition) is 0. The first-order chi connectivity index (χ1) is 14.7. The Hall–Kier alpha value is -2.91. The van der Waals surface area contributed by atoms with Gasteiger partial charge in [-0.2, -0.15) is 0 Å². The molecule has 1 aliphatic carbocycles. The number of benzene rings is 2. The normalized spacial score (nSPS) is 14.3. The number of ether oxygens (including phenoxy) is 1. The summed E-state index contributed by atoms with van der Waals surface area (Å²) < 4.78 is 8.35. The quantitative estimate of drug-likeness (QED) is 0.166. The van der Waals surface area contributed by atoms with Crippen LogP contribution in [0.4, 0.5) is 15.1 Å². The van der Waals surface area contributed by atoms with Gasteiger partial charge < -0.3 is 0 Å². The van der Waals surface area contributed by atoms with Crippen LogP contribution in [0, 0.1) is 0 Å². The number of ketones is 2. The summed E-state index contributed by atoms with van der Waals surface area (Å²) in [5.41, 5.74) is 3.38. The van der Waals surface area contributed by atoms with Gasteiger partial charge >= 0.3 is 187 Å². The number of carbonyl (C=O) groups excluding carboxylic acids is 2. The van der Waals surface area contributed by atoms with Crippen LogP contribution in [0.5, 0.6) is 11.5 Å². The Balaban J connectivity index is 1.43. The molecule has 3 heterocycles. The minimum absolute atomic E-state index is 0.153. The number of rotatable bonds is 2. The summed E-state index contributed by atoms with van der Waals surface area (Å²) in [6, 6.07) is 20.1. The summed E-state index contributed by atoms with van der Waals surface area (Å²) in [4.78, 5) is 27.5. The van der Waals surface area contributed by atoms with Crippen molar-refractivity contribution in [3.63, 3.8) is 0 Å². The number of fused-ring (bicyclic) bond motifs is 3. The van der Waals surface area contributed by atoms with Crippen molar-refractivity contribution in [3.8, 4) is 11.5 Å². The van der Waals surface area contributed by atoms with Gasteiger partial charge in [-0.15, -0.1) is 0 Å². The fourth-order valence-electron chi connectivity index (χ4n) is 3.80. The van der Waals surface area contributed by atoms with Gasteiger partial charge in [0, 0.05) is 0 Å². The second-order valence-electron chi connectivity index (χ2n) is 6.96. The van der Waals surface area contributed by atoms with Gasteiger partial charge in [0.25, 0.3) is 0 Å². The average Bonchev–Trinajstić information content (AvgIpc) is 3.48. The van der Waals surface area contributed by atoms with E-state index >= 15 is 0 Å². The molecule has 0 N–H and O–H groups in total. The van der Waals surface area contributed by atoms with Gasteiger partial charge in [0.1, 0.15) is 0 Å². The van der Waals surface area contributed by atoms with E-state index in [0.717, 1.165) is 26.5 Å². The zero-order valence-electron chi connectivity index (χ0n) is 15.5. The van der Waals surface area contributed by atoms with Gasteiger partial charge in [0.2, 0.25) is 0 Å². The second kappa shape index (κ2) is 6.82. The zero-order valence-corrected chi connectivity index (χ0v) is 18.6. The molecule has 1 aliphatic heterocycles. The number of carbonyl (C=O) groups is 2. The number of allylic oxidation sites excluding steroid dienone is 1. The SMILES string of the molecule is O=C1C(=Cc2ccc(N3c4ccccc4Oc4ccccc43)[te]2)C(=O)c2cscc21. The number of Topliss-reactive ketones (excluding diaryl/α,β-unsaturated/α-hetero) is 2. The van der Waals surface area contributed by atoms with E-state index in [4.69, 9.17) is 4.74 Å². The molecule has 0 spiro atoms. The van der Waals surface area contributed by atoms with E-state index in [2.05, 4.69) is 23.1 Å². The van der Waals surface area contributed by atoms with Crippen LogP contribution in [0.3, 0.4) is 0 Å². The van der Waals surface area contributed by atoms with Crippen molar-refractivity contribution in [2.24, 2.45) is 0 Å². The van der Waals surface area contributed by atoms with Crippen molar-refractivity contribution in [3.05, 3.63) is 91.7 Å². The topological polar surface area (TPSA) is 46.6 Å². The minimum atomic E-state index is -0.789. The van der Waals surface area contributed by atoms with Gasteiger partial charge in [0.05, 0.1) is 0 Å². The summed E-state index contributed by atoms with van der Waals surface area (Å²) in [7, 11) is 0. The van der Waals surface area contributed by atoms with E-state index in [0.29, 0.717) is 16.7 Å². The average molecular weight is 523 g/mol. The number of nitrogens with zero attached hydrogens (tertiary/aromatic N) is 1. The Morgan fingerprint density at radius 3 is 2.03 bits per heavy atom. The Morgan fingerprint density at radius 1 is 0.800 bits per heavy atom. The molecule has 0 saturated heterocycles. The Labute approximate surface area is 186 Å². The van der Waals surface area contributed by atoms with Crippen molar-refractivity contribution < 1.29 is 14.3 Å². The fraction of sp³-hybridized carbons (Fsp3) is 0. The van der Waals surface area contributed by atoms with Crippen molar-refractivity contribution in [2.75, 3.05) is 4.90 Å². The molecule has 0 saturated carbocycles. The molecule has 0 atom stereocenters. The molecule has 4 nitrogen and oxygen atoms in total. The Bertz CT molecular complexity index is 1300. The number of thiophene rings is 1. The van der Waals surface area contributed by atoms with Crippen molar-refractivity contribution >= 4 is 64.5 Å². The van der Waals surface area contributed by atoms with Gasteiger partial charge in [-0.05, 0) is 0 Å². The Morgan fingerprint density at radius 2 is 1.40 bits per heavy atom. The molecule has 2 aromatic carbocycles. The molecule has 0 radical (unpaired) electrons. The van der Waals surface area contributed by atoms with E-state index in [1.807, 2.05) is 42.5 Å². The van der Waals surface area contributed by atoms with Gasteiger partial charge in [0.15, 0.2) is 0 Å². The third-order valence-corrected chi connectivity index (χ3v) is 8.84. The predicted octanol–water partition coefficient (Wildman–Crippen LogP) is 5.84. The summed E-state index contributed by atoms with van der Waals surface area (Å²) in [6.07, 6.45) is 1.80. The first-order valence-corrected chi connectivity index (χ1v) is 12.6. The molecule has 4 aromatic rings. The van der Waals surface area contributed by atoms with E-state index in [-0.39, 0.29) is 11.6 Å². The van der Waals surface area contributed by atoms with E-state index in [1.54, 1.807) is 16.8 Å². The third kappa shape index (κ3) is 2.65. The van der Waals surface area contributed by atoms with Gasteiger partial charge in [-0.3, -0.25) is 0 Å². The van der Waals surface area contributed by atoms with Crippen molar-refractivity contribution in [1.82, 2.24) is 0 Å². The van der Waals surface area contributed by atoms with Crippen molar-refractivity contribution in [1.29, 1.82) is 0 Å². The van der Waals surface area contributed by atoms with Crippen LogP contribution in [0.2, 0.25) is 0 Å². The third-order valence-electron chi connectivity index (χ3n) is 5.19. The van der Waals surface area contributed by atoms with Crippen molar-refractivity contribution in [2.45, 2.75) is 0 Å². The van der Waals surface area contributed by atoms with E-state index in [1.165, 1.54) is 15.0 Å². The van der Waals surface area contributed by atoms with Crippen LogP contribution in [0.25, 0.3) is 6.08 Å². The van der Waals surface area contributed by atoms with Crippen LogP contribution in [-0.4, -0.2) is 32.0 Å². The molecule has 2 aliphatic rings. The van der Waals surface area contributed by atoms with E-state index in [9.17, 15) is 9.59 Å². The number of para-hydroxylation sites is 4. The monoisotopic (exact) mass is 525 g/mol. The molecule has 6 rings (SSSR count). The standard InChI is InChI=1S/C24H13NO3STe/c26-23-15(24(27)17-13-29-12-16(17)23)11-14-9-10-22(30-14)25-18-5-1-3-7-20(18)28-21-8-4-2-6-19(21)25/h1-13H. The molecule has 2 aromatic heterocycles. The number of hydrogen-bond acceptors (Lipinski definition) is 5. The van der Waals surface area contributed by atoms with E-state index < -0.39 is 20.4 Å². The molecule has 144 valence electrons. The molecule has 0 fully saturated rings. The first kappa shape index (κ1) is 17.9. The second-order valence-corrected chi connectivity index (χ2v) is 10.8. The molecule has 0 amide bonds. The van der Waals surface area contributed by atoms with Gasteiger partial charge in [-0.1, -0.05) is 0 Å². The molecular formula is C24H13NO3STe. The van der Waals surface area contributed by atoms with Crippen LogP contribution in [0.15, 0.2) is 77.0 Å². The zero-order chi connectivity index (χ0) is 20.2. The Kier molecular flexibility index (Phi) is 4.07. The summed E-state index contributed by atoms with van der Waals surface area (Å²) >= 11 is 0.607. The molecule has 0 unspecified atom stereocenters. The van der Waals surface area contributed by atoms with Crippen LogP contribution in [-0.2, 0) is 0 Å². The van der Waals surface area contributed by atoms with Crippen LogP contribution >= 0.6 is 11.3 Å². The maximum atomic E-state index is 12.6. The number of anilines is 3. The maximum absolute atomic E-state index is 12.6. The molecule has 0 bridgehead atoms. The molecule has 6 heteroatoms. The first-order valence-electron chi connectivity index (χ1n) is 9.34. The summed E-state index contributed by atoms with van der Waals surface area (Å²) in [5.74, 6) is 1.34. The fourth-order valence-corrected chi connectivity index (χ4v) is 7.40. The summed E-state index contributed by atoms with van der Waals surface area (Å²) in [5, 5.41) is 3.53. The summed E-state index contributed by atoms with van der Waals surface area (Å²) in [6.45, 7) is 0. The molecular weight excluding hydrogens is 510 g/mol. The molecule has 30 heavy (non-hydrogen) atoms. The predicted molar refractivity (Wildman–Crippen MR) is 119 cm³/mol.